The van der Waals surface area contributed by atoms with Crippen LogP contribution in [-0.2, 0) is 6.42 Å². The normalized spacial score (nSPS) is 12.7. The van der Waals surface area contributed by atoms with Gasteiger partial charge in [0.25, 0.3) is 5.89 Å². The maximum Gasteiger partial charge on any atom is 0.255 e. The first-order valence-electron chi connectivity index (χ1n) is 5.18. The zero-order chi connectivity index (χ0) is 11.5. The van der Waals surface area contributed by atoms with Gasteiger partial charge >= 0.3 is 0 Å². The second-order valence-electron chi connectivity index (χ2n) is 3.50. The van der Waals surface area contributed by atoms with Gasteiger partial charge in [0, 0.05) is 6.20 Å². The van der Waals surface area contributed by atoms with E-state index in [1.807, 2.05) is 19.1 Å². The molecule has 5 nitrogen and oxygen atoms in total. The van der Waals surface area contributed by atoms with Crippen LogP contribution in [0.3, 0.4) is 0 Å². The van der Waals surface area contributed by atoms with Gasteiger partial charge in [-0.25, -0.2) is 0 Å². The molecule has 1 N–H and O–H groups in total. The van der Waals surface area contributed by atoms with Crippen LogP contribution in [0, 0.1) is 0 Å². The van der Waals surface area contributed by atoms with Crippen LogP contribution in [-0.4, -0.2) is 20.2 Å². The fraction of sp³-hybridized carbons (Fsp3) is 0.364. The molecule has 1 unspecified atom stereocenters. The summed E-state index contributed by atoms with van der Waals surface area (Å²) in [5.41, 5.74) is 1.76. The molecule has 1 atom stereocenters. The van der Waals surface area contributed by atoms with Crippen molar-refractivity contribution in [3.63, 3.8) is 0 Å². The third-order valence-corrected chi connectivity index (χ3v) is 2.28. The molecule has 0 spiro atoms. The maximum absolute atomic E-state index is 9.29. The minimum absolute atomic E-state index is 0.211. The van der Waals surface area contributed by atoms with Crippen LogP contribution >= 0.6 is 0 Å². The number of nitrogens with zero attached hydrogens (tertiary/aromatic N) is 3. The molecular formula is C11H13N3O2. The third-order valence-electron chi connectivity index (χ3n) is 2.28. The molecule has 0 aliphatic rings. The highest BCUT2D eigenvalue weighted by molar-refractivity contribution is 5.53. The maximum atomic E-state index is 9.29. The smallest absolute Gasteiger partial charge is 0.255 e. The lowest BCUT2D eigenvalue weighted by molar-refractivity contribution is 0.152. The molecule has 2 aromatic rings. The van der Waals surface area contributed by atoms with Crippen LogP contribution in [0.15, 0.2) is 22.9 Å². The zero-order valence-corrected chi connectivity index (χ0v) is 9.21. The molecule has 0 amide bonds. The van der Waals surface area contributed by atoms with Gasteiger partial charge in [-0.2, -0.15) is 4.98 Å². The Kier molecular flexibility index (Phi) is 2.96. The lowest BCUT2D eigenvalue weighted by atomic mass is 10.1. The molecule has 0 aromatic carbocycles. The van der Waals surface area contributed by atoms with Gasteiger partial charge in [-0.15, -0.1) is 0 Å². The Morgan fingerprint density at radius 1 is 1.50 bits per heavy atom. The third kappa shape index (κ3) is 1.94. The van der Waals surface area contributed by atoms with Crippen LogP contribution < -0.4 is 0 Å². The molecule has 0 radical (unpaired) electrons. The molecule has 2 heterocycles. The van der Waals surface area contributed by atoms with Gasteiger partial charge in [0.1, 0.15) is 11.8 Å². The van der Waals surface area contributed by atoms with Crippen molar-refractivity contribution in [1.82, 2.24) is 15.1 Å². The summed E-state index contributed by atoms with van der Waals surface area (Å²) in [4.78, 5) is 8.32. The summed E-state index contributed by atoms with van der Waals surface area (Å²) >= 11 is 0. The van der Waals surface area contributed by atoms with Crippen molar-refractivity contribution in [3.05, 3.63) is 29.8 Å². The van der Waals surface area contributed by atoms with Gasteiger partial charge in [0.15, 0.2) is 0 Å². The van der Waals surface area contributed by atoms with Gasteiger partial charge in [-0.3, -0.25) is 4.98 Å². The van der Waals surface area contributed by atoms with E-state index in [1.54, 1.807) is 13.1 Å². The van der Waals surface area contributed by atoms with Crippen molar-refractivity contribution in [2.24, 2.45) is 0 Å². The molecule has 0 saturated carbocycles. The second-order valence-corrected chi connectivity index (χ2v) is 3.50. The highest BCUT2D eigenvalue weighted by atomic mass is 16.5. The molecule has 0 aliphatic carbocycles. The molecule has 0 saturated heterocycles. The topological polar surface area (TPSA) is 72.0 Å². The van der Waals surface area contributed by atoms with E-state index >= 15 is 0 Å². The quantitative estimate of drug-likeness (QED) is 0.851. The Labute approximate surface area is 93.1 Å². The molecule has 2 rings (SSSR count). The monoisotopic (exact) mass is 219 g/mol. The van der Waals surface area contributed by atoms with E-state index in [1.165, 1.54) is 0 Å². The number of aliphatic hydroxyl groups excluding tert-OH is 1. The minimum atomic E-state index is -0.755. The Morgan fingerprint density at radius 3 is 2.94 bits per heavy atom. The number of aryl methyl sites for hydroxylation is 1. The summed E-state index contributed by atoms with van der Waals surface area (Å²) in [6.45, 7) is 3.62. The SMILES string of the molecule is CCc1cccnc1-c1noc(C(C)O)n1. The average Bonchev–Trinajstić information content (AvgIpc) is 2.78. The van der Waals surface area contributed by atoms with Crippen molar-refractivity contribution < 1.29 is 9.63 Å². The first kappa shape index (κ1) is 10.8. The van der Waals surface area contributed by atoms with Crippen LogP contribution in [0.4, 0.5) is 0 Å². The summed E-state index contributed by atoms with van der Waals surface area (Å²) in [5.74, 6) is 0.635. The van der Waals surface area contributed by atoms with E-state index in [0.717, 1.165) is 12.0 Å². The summed E-state index contributed by atoms with van der Waals surface area (Å²) < 4.78 is 4.93. The van der Waals surface area contributed by atoms with Crippen LogP contribution in [0.5, 0.6) is 0 Å². The number of aromatic nitrogens is 3. The van der Waals surface area contributed by atoms with Gasteiger partial charge in [0.05, 0.1) is 0 Å². The number of hydrogen-bond acceptors (Lipinski definition) is 5. The molecule has 2 aromatic heterocycles. The van der Waals surface area contributed by atoms with Crippen LogP contribution in [0.1, 0.15) is 31.4 Å². The van der Waals surface area contributed by atoms with Gasteiger partial charge in [-0.05, 0) is 25.0 Å². The van der Waals surface area contributed by atoms with Crippen molar-refractivity contribution in [3.8, 4) is 11.5 Å². The molecule has 5 heteroatoms. The standard InChI is InChI=1S/C11H13N3O2/c1-3-8-5-4-6-12-9(8)10-13-11(7(2)15)16-14-10/h4-7,15H,3H2,1-2H3. The predicted octanol–water partition coefficient (Wildman–Crippen LogP) is 1.75. The van der Waals surface area contributed by atoms with Crippen molar-refractivity contribution in [1.29, 1.82) is 0 Å². The number of hydrogen-bond donors (Lipinski definition) is 1. The number of aliphatic hydroxyl groups is 1. The largest absolute Gasteiger partial charge is 0.384 e. The molecular weight excluding hydrogens is 206 g/mol. The van der Waals surface area contributed by atoms with Crippen molar-refractivity contribution in [2.75, 3.05) is 0 Å². The van der Waals surface area contributed by atoms with Gasteiger partial charge in [0.2, 0.25) is 5.82 Å². The predicted molar refractivity (Wildman–Crippen MR) is 57.5 cm³/mol. The number of pyridine rings is 1. The second kappa shape index (κ2) is 4.40. The highest BCUT2D eigenvalue weighted by Crippen LogP contribution is 2.20. The molecule has 0 bridgehead atoms. The molecule has 16 heavy (non-hydrogen) atoms. The van der Waals surface area contributed by atoms with E-state index in [-0.39, 0.29) is 5.89 Å². The molecule has 0 aliphatic heterocycles. The molecule has 84 valence electrons. The fourth-order valence-electron chi connectivity index (χ4n) is 1.43. The Bertz CT molecular complexity index is 480. The van der Waals surface area contributed by atoms with E-state index in [4.69, 9.17) is 4.52 Å². The van der Waals surface area contributed by atoms with Gasteiger partial charge in [-0.1, -0.05) is 18.1 Å². The van der Waals surface area contributed by atoms with E-state index in [0.29, 0.717) is 11.5 Å². The first-order chi connectivity index (χ1) is 7.72. The van der Waals surface area contributed by atoms with Crippen molar-refractivity contribution in [2.45, 2.75) is 26.4 Å². The number of rotatable bonds is 3. The van der Waals surface area contributed by atoms with Crippen molar-refractivity contribution >= 4 is 0 Å². The summed E-state index contributed by atoms with van der Waals surface area (Å²) in [7, 11) is 0. The van der Waals surface area contributed by atoms with E-state index < -0.39 is 6.10 Å². The summed E-state index contributed by atoms with van der Waals surface area (Å²) in [5, 5.41) is 13.1. The lowest BCUT2D eigenvalue weighted by Gasteiger charge is -2.00. The first-order valence-corrected chi connectivity index (χ1v) is 5.18. The van der Waals surface area contributed by atoms with Gasteiger partial charge < -0.3 is 9.63 Å². The van der Waals surface area contributed by atoms with E-state index in [2.05, 4.69) is 15.1 Å². The molecule has 0 fully saturated rings. The zero-order valence-electron chi connectivity index (χ0n) is 9.21. The fourth-order valence-corrected chi connectivity index (χ4v) is 1.43. The van der Waals surface area contributed by atoms with Crippen LogP contribution in [0.25, 0.3) is 11.5 Å². The summed E-state index contributed by atoms with van der Waals surface area (Å²) in [6, 6.07) is 3.85. The van der Waals surface area contributed by atoms with E-state index in [9.17, 15) is 5.11 Å². The Morgan fingerprint density at radius 2 is 2.31 bits per heavy atom. The highest BCUT2D eigenvalue weighted by Gasteiger charge is 2.15. The lowest BCUT2D eigenvalue weighted by Crippen LogP contribution is -1.94. The van der Waals surface area contributed by atoms with Crippen LogP contribution in [0.2, 0.25) is 0 Å². The summed E-state index contributed by atoms with van der Waals surface area (Å²) in [6.07, 6.45) is 1.78. The Balaban J connectivity index is 2.42. The Hall–Kier alpha value is -1.75. The average molecular weight is 219 g/mol. The minimum Gasteiger partial charge on any atom is -0.384 e.